The average Bonchev–Trinajstić information content (AvgIpc) is 2.75. The molecule has 0 spiro atoms. The number of rotatable bonds is 1. The van der Waals surface area contributed by atoms with E-state index in [0.717, 1.165) is 10.5 Å². The van der Waals surface area contributed by atoms with Crippen LogP contribution in [0.1, 0.15) is 24.6 Å². The number of halogens is 1. The molecular formula is C12H13ClN2S. The Balaban J connectivity index is 2.06. The van der Waals surface area contributed by atoms with Crippen LogP contribution in [0.3, 0.4) is 0 Å². The second kappa shape index (κ2) is 4.30. The van der Waals surface area contributed by atoms with Gasteiger partial charge in [-0.05, 0) is 36.5 Å². The summed E-state index contributed by atoms with van der Waals surface area (Å²) in [6, 6.07) is 3.90. The summed E-state index contributed by atoms with van der Waals surface area (Å²) in [6.07, 6.45) is 6.41. The first-order valence-electron chi connectivity index (χ1n) is 5.55. The molecule has 1 saturated heterocycles. The van der Waals surface area contributed by atoms with E-state index in [0.29, 0.717) is 5.92 Å². The van der Waals surface area contributed by atoms with Crippen LogP contribution in [-0.2, 0) is 0 Å². The predicted octanol–water partition coefficient (Wildman–Crippen LogP) is 3.60. The van der Waals surface area contributed by atoms with Gasteiger partial charge in [0.15, 0.2) is 0 Å². The van der Waals surface area contributed by atoms with Crippen molar-refractivity contribution in [3.05, 3.63) is 35.4 Å². The summed E-state index contributed by atoms with van der Waals surface area (Å²) in [6.45, 7) is 0. The minimum atomic E-state index is 0.599. The van der Waals surface area contributed by atoms with E-state index in [1.54, 1.807) is 0 Å². The van der Waals surface area contributed by atoms with E-state index >= 15 is 0 Å². The van der Waals surface area contributed by atoms with Crippen molar-refractivity contribution in [1.82, 2.24) is 9.38 Å². The van der Waals surface area contributed by atoms with E-state index in [1.807, 2.05) is 30.1 Å². The van der Waals surface area contributed by atoms with Crippen LogP contribution < -0.4 is 0 Å². The molecule has 84 valence electrons. The van der Waals surface area contributed by atoms with E-state index < -0.39 is 0 Å². The number of hydrogen-bond donors (Lipinski definition) is 0. The Morgan fingerprint density at radius 2 is 2.19 bits per heavy atom. The second-order valence-electron chi connectivity index (χ2n) is 4.11. The Hall–Kier alpha value is -0.670. The quantitative estimate of drug-likeness (QED) is 0.772. The molecular weight excluding hydrogens is 240 g/mol. The molecule has 2 aromatic rings. The van der Waals surface area contributed by atoms with Crippen molar-refractivity contribution in [3.8, 4) is 0 Å². The fourth-order valence-electron chi connectivity index (χ4n) is 2.27. The first kappa shape index (κ1) is 10.5. The molecule has 0 amide bonds. The maximum Gasteiger partial charge on any atom is 0.116 e. The predicted molar refractivity (Wildman–Crippen MR) is 69.5 cm³/mol. The summed E-state index contributed by atoms with van der Waals surface area (Å²) < 4.78 is 2.14. The molecule has 3 rings (SSSR count). The lowest BCUT2D eigenvalue weighted by Crippen LogP contribution is -2.11. The van der Waals surface area contributed by atoms with Gasteiger partial charge in [0.2, 0.25) is 0 Å². The summed E-state index contributed by atoms with van der Waals surface area (Å²) in [4.78, 5) is 4.55. The van der Waals surface area contributed by atoms with Crippen LogP contribution in [0, 0.1) is 0 Å². The van der Waals surface area contributed by atoms with Crippen molar-refractivity contribution in [2.75, 3.05) is 11.5 Å². The zero-order valence-electron chi connectivity index (χ0n) is 8.90. The molecule has 0 radical (unpaired) electrons. The van der Waals surface area contributed by atoms with Crippen molar-refractivity contribution in [2.24, 2.45) is 0 Å². The largest absolute Gasteiger partial charge is 0.302 e. The van der Waals surface area contributed by atoms with E-state index in [2.05, 4.69) is 15.6 Å². The van der Waals surface area contributed by atoms with Gasteiger partial charge in [0.1, 0.15) is 5.82 Å². The van der Waals surface area contributed by atoms with Crippen molar-refractivity contribution >= 4 is 28.9 Å². The van der Waals surface area contributed by atoms with Gasteiger partial charge in [-0.3, -0.25) is 0 Å². The summed E-state index contributed by atoms with van der Waals surface area (Å²) in [5.41, 5.74) is 1.03. The molecule has 0 N–H and O–H groups in total. The third kappa shape index (κ3) is 1.72. The van der Waals surface area contributed by atoms with Crippen molar-refractivity contribution in [2.45, 2.75) is 18.8 Å². The minimum absolute atomic E-state index is 0.599. The van der Waals surface area contributed by atoms with Gasteiger partial charge >= 0.3 is 0 Å². The number of imidazole rings is 1. The number of pyridine rings is 1. The molecule has 4 heteroatoms. The van der Waals surface area contributed by atoms with Crippen molar-refractivity contribution in [3.63, 3.8) is 0 Å². The Labute approximate surface area is 104 Å². The van der Waals surface area contributed by atoms with Crippen molar-refractivity contribution < 1.29 is 0 Å². The van der Waals surface area contributed by atoms with Crippen LogP contribution in [0.2, 0.25) is 5.02 Å². The smallest absolute Gasteiger partial charge is 0.116 e. The molecule has 3 heterocycles. The topological polar surface area (TPSA) is 17.3 Å². The minimum Gasteiger partial charge on any atom is -0.302 e. The molecule has 0 aromatic carbocycles. The van der Waals surface area contributed by atoms with Gasteiger partial charge in [-0.2, -0.15) is 11.8 Å². The van der Waals surface area contributed by atoms with Gasteiger partial charge in [-0.25, -0.2) is 4.98 Å². The summed E-state index contributed by atoms with van der Waals surface area (Å²) in [5.74, 6) is 4.28. The van der Waals surface area contributed by atoms with Crippen LogP contribution >= 0.6 is 23.4 Å². The fourth-order valence-corrected chi connectivity index (χ4v) is 3.58. The van der Waals surface area contributed by atoms with Crippen LogP contribution in [0.4, 0.5) is 0 Å². The van der Waals surface area contributed by atoms with Gasteiger partial charge in [0.25, 0.3) is 0 Å². The van der Waals surface area contributed by atoms with Gasteiger partial charge in [-0.15, -0.1) is 0 Å². The standard InChI is InChI=1S/C12H13ClN2S/c13-10-2-1-5-15-11(10)8-14-12(15)9-3-6-16-7-4-9/h1-2,5,8-9H,3-4,6-7H2. The monoisotopic (exact) mass is 252 g/mol. The number of aromatic nitrogens is 2. The summed E-state index contributed by atoms with van der Waals surface area (Å²) >= 11 is 8.19. The highest BCUT2D eigenvalue weighted by Crippen LogP contribution is 2.32. The molecule has 0 atom stereocenters. The highest BCUT2D eigenvalue weighted by Gasteiger charge is 2.20. The first-order chi connectivity index (χ1) is 7.86. The number of nitrogens with zero attached hydrogens (tertiary/aromatic N) is 2. The highest BCUT2D eigenvalue weighted by atomic mass is 35.5. The molecule has 0 aliphatic carbocycles. The Morgan fingerprint density at radius 1 is 1.38 bits per heavy atom. The lowest BCUT2D eigenvalue weighted by Gasteiger charge is -2.20. The molecule has 16 heavy (non-hydrogen) atoms. The molecule has 0 bridgehead atoms. The maximum absolute atomic E-state index is 6.14. The van der Waals surface area contributed by atoms with Crippen LogP contribution in [0.25, 0.3) is 5.52 Å². The third-order valence-electron chi connectivity index (χ3n) is 3.13. The molecule has 0 saturated carbocycles. The maximum atomic E-state index is 6.14. The van der Waals surface area contributed by atoms with Gasteiger partial charge in [-0.1, -0.05) is 11.6 Å². The Morgan fingerprint density at radius 3 is 3.00 bits per heavy atom. The van der Waals surface area contributed by atoms with E-state index in [4.69, 9.17) is 11.6 Å². The number of fused-ring (bicyclic) bond motifs is 1. The van der Waals surface area contributed by atoms with Gasteiger partial charge < -0.3 is 4.40 Å². The fraction of sp³-hybridized carbons (Fsp3) is 0.417. The second-order valence-corrected chi connectivity index (χ2v) is 5.75. The Kier molecular flexibility index (Phi) is 2.82. The molecule has 1 aliphatic heterocycles. The summed E-state index contributed by atoms with van der Waals surface area (Å²) in [7, 11) is 0. The highest BCUT2D eigenvalue weighted by molar-refractivity contribution is 7.99. The Bertz CT molecular complexity index is 503. The number of thioether (sulfide) groups is 1. The molecule has 1 fully saturated rings. The zero-order valence-corrected chi connectivity index (χ0v) is 10.5. The van der Waals surface area contributed by atoms with Crippen LogP contribution in [0.15, 0.2) is 24.5 Å². The molecule has 2 aromatic heterocycles. The van der Waals surface area contributed by atoms with Gasteiger partial charge in [0.05, 0.1) is 16.7 Å². The normalized spacial score (nSPS) is 18.1. The zero-order chi connectivity index (χ0) is 11.0. The average molecular weight is 253 g/mol. The van der Waals surface area contributed by atoms with E-state index in [9.17, 15) is 0 Å². The summed E-state index contributed by atoms with van der Waals surface area (Å²) in [5, 5.41) is 0.784. The van der Waals surface area contributed by atoms with Gasteiger partial charge in [0, 0.05) is 12.1 Å². The molecule has 0 unspecified atom stereocenters. The first-order valence-corrected chi connectivity index (χ1v) is 7.09. The van der Waals surface area contributed by atoms with E-state index in [-0.39, 0.29) is 0 Å². The lowest BCUT2D eigenvalue weighted by atomic mass is 10.0. The van der Waals surface area contributed by atoms with Crippen LogP contribution in [-0.4, -0.2) is 20.9 Å². The molecule has 2 nitrogen and oxygen atoms in total. The van der Waals surface area contributed by atoms with Crippen molar-refractivity contribution in [1.29, 1.82) is 0 Å². The lowest BCUT2D eigenvalue weighted by molar-refractivity contribution is 0.596. The molecule has 1 aliphatic rings. The van der Waals surface area contributed by atoms with Crippen LogP contribution in [0.5, 0.6) is 0 Å². The van der Waals surface area contributed by atoms with E-state index in [1.165, 1.54) is 30.2 Å². The third-order valence-corrected chi connectivity index (χ3v) is 4.50. The SMILES string of the molecule is Clc1cccn2c(C3CCSCC3)ncc12. The number of hydrogen-bond acceptors (Lipinski definition) is 2.